The number of aryl methyl sites for hydroxylation is 1. The number of piperidine rings is 1. The summed E-state index contributed by atoms with van der Waals surface area (Å²) in [6, 6.07) is 13.9. The van der Waals surface area contributed by atoms with Crippen LogP contribution in [0.5, 0.6) is 5.75 Å². The van der Waals surface area contributed by atoms with Gasteiger partial charge in [-0.2, -0.15) is 0 Å². The summed E-state index contributed by atoms with van der Waals surface area (Å²) in [5.41, 5.74) is 3.08. The fourth-order valence-corrected chi connectivity index (χ4v) is 4.01. The second-order valence-corrected chi connectivity index (χ2v) is 7.94. The summed E-state index contributed by atoms with van der Waals surface area (Å²) in [6.45, 7) is 6.47. The molecule has 142 valence electrons. The van der Waals surface area contributed by atoms with E-state index in [0.717, 1.165) is 55.9 Å². The van der Waals surface area contributed by atoms with Crippen molar-refractivity contribution in [2.24, 2.45) is 0 Å². The van der Waals surface area contributed by atoms with Crippen molar-refractivity contribution in [3.63, 3.8) is 0 Å². The van der Waals surface area contributed by atoms with Gasteiger partial charge in [0.15, 0.2) is 0 Å². The Bertz CT molecular complexity index is 814. The Hall–Kier alpha value is -2.04. The Morgan fingerprint density at radius 2 is 1.81 bits per heavy atom. The highest BCUT2D eigenvalue weighted by atomic mass is 35.5. The number of benzene rings is 2. The summed E-state index contributed by atoms with van der Waals surface area (Å²) in [6.07, 6.45) is 2.33. The number of ether oxygens (including phenoxy) is 1. The summed E-state index contributed by atoms with van der Waals surface area (Å²) in [4.78, 5) is 16.9. The number of hydrogen-bond acceptors (Lipinski definition) is 3. The fourth-order valence-electron chi connectivity index (χ4n) is 3.84. The number of carbonyl (C=O) groups is 1. The monoisotopic (exact) mass is 384 g/mol. The Morgan fingerprint density at radius 1 is 1.07 bits per heavy atom. The quantitative estimate of drug-likeness (QED) is 0.776. The molecule has 5 heteroatoms. The fraction of sp³-hybridized carbons (Fsp3) is 0.409. The van der Waals surface area contributed by atoms with Crippen LogP contribution in [0.3, 0.4) is 0 Å². The molecule has 0 aromatic heterocycles. The number of likely N-dealkylation sites (tertiary alicyclic amines) is 1. The number of carbonyl (C=O) groups excluding carboxylic acids is 1. The van der Waals surface area contributed by atoms with E-state index in [1.807, 2.05) is 29.2 Å². The number of nitrogens with zero attached hydrogens (tertiary/aromatic N) is 2. The van der Waals surface area contributed by atoms with Crippen molar-refractivity contribution in [2.45, 2.75) is 32.4 Å². The van der Waals surface area contributed by atoms with Gasteiger partial charge in [-0.1, -0.05) is 35.4 Å². The highest BCUT2D eigenvalue weighted by Gasteiger charge is 2.28. The molecule has 2 aliphatic rings. The molecule has 0 atom stereocenters. The van der Waals surface area contributed by atoms with Crippen molar-refractivity contribution in [1.82, 2.24) is 9.80 Å². The second-order valence-electron chi connectivity index (χ2n) is 7.50. The molecule has 0 N–H and O–H groups in total. The first-order valence-corrected chi connectivity index (χ1v) is 10.00. The first-order valence-electron chi connectivity index (χ1n) is 9.62. The Kier molecular flexibility index (Phi) is 5.37. The molecule has 0 spiro atoms. The van der Waals surface area contributed by atoms with E-state index in [2.05, 4.69) is 24.0 Å². The molecule has 0 saturated carbocycles. The zero-order chi connectivity index (χ0) is 18.8. The van der Waals surface area contributed by atoms with Crippen LogP contribution in [-0.4, -0.2) is 48.0 Å². The van der Waals surface area contributed by atoms with Gasteiger partial charge in [0.25, 0.3) is 5.91 Å². The average molecular weight is 385 g/mol. The van der Waals surface area contributed by atoms with Gasteiger partial charge in [-0.3, -0.25) is 4.79 Å². The lowest BCUT2D eigenvalue weighted by atomic mass is 10.1. The van der Waals surface area contributed by atoms with E-state index in [-0.39, 0.29) is 12.0 Å². The van der Waals surface area contributed by atoms with Gasteiger partial charge in [0.2, 0.25) is 0 Å². The van der Waals surface area contributed by atoms with E-state index in [1.165, 1.54) is 5.56 Å². The smallest absolute Gasteiger partial charge is 0.254 e. The van der Waals surface area contributed by atoms with Gasteiger partial charge in [-0.05, 0) is 49.6 Å². The van der Waals surface area contributed by atoms with Crippen LogP contribution in [-0.2, 0) is 6.54 Å². The molecule has 27 heavy (non-hydrogen) atoms. The zero-order valence-electron chi connectivity index (χ0n) is 15.7. The minimum absolute atomic E-state index is 0.102. The summed E-state index contributed by atoms with van der Waals surface area (Å²) in [5.74, 6) is 1.06. The maximum atomic E-state index is 12.5. The minimum atomic E-state index is 0.102. The van der Waals surface area contributed by atoms with Crippen LogP contribution < -0.4 is 4.74 Å². The van der Waals surface area contributed by atoms with Crippen molar-refractivity contribution in [3.05, 3.63) is 64.2 Å². The van der Waals surface area contributed by atoms with Gasteiger partial charge in [-0.25, -0.2) is 0 Å². The van der Waals surface area contributed by atoms with Gasteiger partial charge < -0.3 is 14.5 Å². The van der Waals surface area contributed by atoms with Gasteiger partial charge in [0.05, 0.1) is 0 Å². The van der Waals surface area contributed by atoms with Crippen LogP contribution in [0, 0.1) is 6.92 Å². The SMILES string of the molecule is Cc1ccc(OC2CCN(CCN3Cc4ccc(Cl)cc4C3=O)CC2)cc1. The molecule has 1 amide bonds. The minimum Gasteiger partial charge on any atom is -0.490 e. The first-order chi connectivity index (χ1) is 13.1. The van der Waals surface area contributed by atoms with E-state index in [9.17, 15) is 4.79 Å². The Labute approximate surface area is 165 Å². The van der Waals surface area contributed by atoms with Crippen molar-refractivity contribution in [2.75, 3.05) is 26.2 Å². The van der Waals surface area contributed by atoms with E-state index in [1.54, 1.807) is 6.07 Å². The summed E-state index contributed by atoms with van der Waals surface area (Å²) in [7, 11) is 0. The molecule has 2 aromatic carbocycles. The lowest BCUT2D eigenvalue weighted by Gasteiger charge is -2.33. The maximum Gasteiger partial charge on any atom is 0.254 e. The molecule has 2 aromatic rings. The predicted octanol–water partition coefficient (Wildman–Crippen LogP) is 4.15. The molecule has 0 unspecified atom stereocenters. The zero-order valence-corrected chi connectivity index (χ0v) is 16.4. The highest BCUT2D eigenvalue weighted by molar-refractivity contribution is 6.31. The molecular weight excluding hydrogens is 360 g/mol. The molecular formula is C22H25ClN2O2. The molecule has 1 fully saturated rings. The largest absolute Gasteiger partial charge is 0.490 e. The molecule has 4 nitrogen and oxygen atoms in total. The van der Waals surface area contributed by atoms with Crippen LogP contribution in [0.15, 0.2) is 42.5 Å². The normalized spacial score (nSPS) is 18.0. The van der Waals surface area contributed by atoms with Gasteiger partial charge in [-0.15, -0.1) is 0 Å². The number of halogens is 1. The Balaban J connectivity index is 1.23. The van der Waals surface area contributed by atoms with Crippen molar-refractivity contribution < 1.29 is 9.53 Å². The maximum absolute atomic E-state index is 12.5. The number of amides is 1. The van der Waals surface area contributed by atoms with Crippen molar-refractivity contribution in [3.8, 4) is 5.75 Å². The average Bonchev–Trinajstić information content (AvgIpc) is 2.98. The summed E-state index contributed by atoms with van der Waals surface area (Å²) in [5, 5.41) is 0.625. The van der Waals surface area contributed by atoms with Gasteiger partial charge in [0.1, 0.15) is 11.9 Å². The van der Waals surface area contributed by atoms with Gasteiger partial charge in [0, 0.05) is 43.3 Å². The van der Waals surface area contributed by atoms with E-state index in [0.29, 0.717) is 11.6 Å². The van der Waals surface area contributed by atoms with Crippen molar-refractivity contribution >= 4 is 17.5 Å². The predicted molar refractivity (Wildman–Crippen MR) is 107 cm³/mol. The standard InChI is InChI=1S/C22H25ClN2O2/c1-16-2-6-19(7-3-16)27-20-8-10-24(11-9-20)12-13-25-15-17-4-5-18(23)14-21(17)22(25)26/h2-7,14,20H,8-13,15H2,1H3. The second kappa shape index (κ2) is 7.91. The number of rotatable bonds is 5. The molecule has 1 saturated heterocycles. The van der Waals surface area contributed by atoms with Gasteiger partial charge >= 0.3 is 0 Å². The van der Waals surface area contributed by atoms with E-state index >= 15 is 0 Å². The topological polar surface area (TPSA) is 32.8 Å². The molecule has 2 heterocycles. The molecule has 2 aliphatic heterocycles. The number of fused-ring (bicyclic) bond motifs is 1. The lowest BCUT2D eigenvalue weighted by Crippen LogP contribution is -2.42. The molecule has 0 aliphatic carbocycles. The third kappa shape index (κ3) is 4.28. The van der Waals surface area contributed by atoms with Crippen LogP contribution in [0.2, 0.25) is 5.02 Å². The van der Waals surface area contributed by atoms with Crippen molar-refractivity contribution in [1.29, 1.82) is 0 Å². The summed E-state index contributed by atoms with van der Waals surface area (Å²) < 4.78 is 6.10. The number of hydrogen-bond donors (Lipinski definition) is 0. The van der Waals surface area contributed by atoms with E-state index < -0.39 is 0 Å². The highest BCUT2D eigenvalue weighted by Crippen LogP contribution is 2.26. The van der Waals surface area contributed by atoms with Crippen LogP contribution in [0.4, 0.5) is 0 Å². The third-order valence-corrected chi connectivity index (χ3v) is 5.73. The van der Waals surface area contributed by atoms with E-state index in [4.69, 9.17) is 16.3 Å². The molecule has 0 bridgehead atoms. The summed E-state index contributed by atoms with van der Waals surface area (Å²) >= 11 is 6.02. The first kappa shape index (κ1) is 18.3. The lowest BCUT2D eigenvalue weighted by molar-refractivity contribution is 0.0702. The van der Waals surface area contributed by atoms with Crippen LogP contribution >= 0.6 is 11.6 Å². The van der Waals surface area contributed by atoms with Crippen LogP contribution in [0.1, 0.15) is 34.3 Å². The third-order valence-electron chi connectivity index (χ3n) is 5.50. The Morgan fingerprint density at radius 3 is 2.56 bits per heavy atom. The van der Waals surface area contributed by atoms with Crippen LogP contribution in [0.25, 0.3) is 0 Å². The molecule has 4 rings (SSSR count). The molecule has 0 radical (unpaired) electrons.